The maximum Gasteiger partial charge on any atom is 0.472 e. The normalized spacial score (nSPS) is 15.0. The average Bonchev–Trinajstić information content (AvgIpc) is 2.94. The number of hydrogen-bond donors (Lipinski definition) is 3. The molecule has 232 valence electrons. The number of rotatable bonds is 26. The molecule has 0 aromatic heterocycles. The number of phosphoric acid groups is 1. The van der Waals surface area contributed by atoms with E-state index < -0.39 is 51.8 Å². The summed E-state index contributed by atoms with van der Waals surface area (Å²) in [5.74, 6) is -0.993. The maximum absolute atomic E-state index is 12.3. The van der Waals surface area contributed by atoms with Gasteiger partial charge in [0.25, 0.3) is 0 Å². The lowest BCUT2D eigenvalue weighted by Crippen LogP contribution is -2.29. The Balaban J connectivity index is 4.31. The number of carbonyl (C=O) groups excluding carboxylic acids is 2. The van der Waals surface area contributed by atoms with Crippen LogP contribution >= 0.6 is 7.82 Å². The van der Waals surface area contributed by atoms with Crippen molar-refractivity contribution in [3.63, 3.8) is 0 Å². The molecule has 0 aromatic carbocycles. The molecule has 0 rings (SSSR count). The molecule has 0 amide bonds. The van der Waals surface area contributed by atoms with Gasteiger partial charge in [0.05, 0.1) is 19.8 Å². The number of hydrogen-bond acceptors (Lipinski definition) is 9. The van der Waals surface area contributed by atoms with Crippen LogP contribution in [-0.4, -0.2) is 65.7 Å². The van der Waals surface area contributed by atoms with Crippen LogP contribution in [0.4, 0.5) is 0 Å². The van der Waals surface area contributed by atoms with Crippen molar-refractivity contribution in [2.75, 3.05) is 26.4 Å². The van der Waals surface area contributed by atoms with E-state index in [1.807, 2.05) is 6.92 Å². The molecule has 11 heteroatoms. The number of unbranched alkanes of at least 4 members (excludes halogenated alkanes) is 6. The number of carbonyl (C=O) groups is 2. The van der Waals surface area contributed by atoms with Gasteiger partial charge in [0.1, 0.15) is 12.7 Å². The number of ether oxygens (including phenoxy) is 2. The highest BCUT2D eigenvalue weighted by Crippen LogP contribution is 2.43. The SMILES string of the molecule is CC/C=C\C/C=C\C/C=C\CCCCCCCC(=O)OC(COC(=O)CCCC)COP(=O)(O)OCC(O)CO. The minimum absolute atomic E-state index is 0.163. The van der Waals surface area contributed by atoms with E-state index in [2.05, 4.69) is 47.9 Å². The fourth-order valence-electron chi connectivity index (χ4n) is 3.28. The molecule has 3 N–H and O–H groups in total. The van der Waals surface area contributed by atoms with E-state index in [9.17, 15) is 24.2 Å². The molecule has 0 saturated carbocycles. The molecular formula is C29H51O10P. The van der Waals surface area contributed by atoms with Crippen molar-refractivity contribution in [2.45, 2.75) is 110 Å². The number of aliphatic hydroxyl groups is 2. The van der Waals surface area contributed by atoms with E-state index >= 15 is 0 Å². The fourth-order valence-corrected chi connectivity index (χ4v) is 4.07. The summed E-state index contributed by atoms with van der Waals surface area (Å²) in [6.07, 6.45) is 21.1. The first-order chi connectivity index (χ1) is 19.2. The van der Waals surface area contributed by atoms with Gasteiger partial charge < -0.3 is 24.6 Å². The van der Waals surface area contributed by atoms with Crippen molar-refractivity contribution in [2.24, 2.45) is 0 Å². The largest absolute Gasteiger partial charge is 0.472 e. The number of allylic oxidation sites excluding steroid dienone is 6. The first kappa shape index (κ1) is 38.2. The van der Waals surface area contributed by atoms with Gasteiger partial charge in [0.15, 0.2) is 6.10 Å². The molecule has 3 atom stereocenters. The summed E-state index contributed by atoms with van der Waals surface area (Å²) in [5, 5.41) is 18.1. The van der Waals surface area contributed by atoms with Crippen molar-refractivity contribution in [3.8, 4) is 0 Å². The zero-order valence-electron chi connectivity index (χ0n) is 24.3. The lowest BCUT2D eigenvalue weighted by Gasteiger charge is -2.20. The van der Waals surface area contributed by atoms with Gasteiger partial charge in [0, 0.05) is 12.8 Å². The van der Waals surface area contributed by atoms with Crippen LogP contribution in [0, 0.1) is 0 Å². The van der Waals surface area contributed by atoms with E-state index in [0.717, 1.165) is 57.8 Å². The van der Waals surface area contributed by atoms with Crippen molar-refractivity contribution in [1.82, 2.24) is 0 Å². The zero-order chi connectivity index (χ0) is 29.9. The molecule has 0 aliphatic heterocycles. The topological polar surface area (TPSA) is 149 Å². The molecule has 10 nitrogen and oxygen atoms in total. The molecule has 0 radical (unpaired) electrons. The minimum atomic E-state index is -4.59. The Morgan fingerprint density at radius 1 is 0.775 bits per heavy atom. The molecule has 3 unspecified atom stereocenters. The first-order valence-corrected chi connectivity index (χ1v) is 15.9. The monoisotopic (exact) mass is 590 g/mol. The molecule has 0 saturated heterocycles. The molecule has 0 fully saturated rings. The molecule has 0 aromatic rings. The molecule has 40 heavy (non-hydrogen) atoms. The highest BCUT2D eigenvalue weighted by atomic mass is 31.2. The Morgan fingerprint density at radius 3 is 2.05 bits per heavy atom. The predicted molar refractivity (Wildman–Crippen MR) is 154 cm³/mol. The summed E-state index contributed by atoms with van der Waals surface area (Å²) < 4.78 is 31.9. The molecule has 0 aliphatic rings. The third-order valence-electron chi connectivity index (χ3n) is 5.56. The molecule has 0 heterocycles. The molecular weight excluding hydrogens is 539 g/mol. The average molecular weight is 591 g/mol. The second kappa shape index (κ2) is 26.1. The van der Waals surface area contributed by atoms with E-state index in [-0.39, 0.29) is 19.4 Å². The first-order valence-electron chi connectivity index (χ1n) is 14.4. The van der Waals surface area contributed by atoms with E-state index in [1.165, 1.54) is 0 Å². The van der Waals surface area contributed by atoms with Crippen molar-refractivity contribution >= 4 is 19.8 Å². The predicted octanol–water partition coefficient (Wildman–Crippen LogP) is 5.71. The Bertz CT molecular complexity index is 781. The Hall–Kier alpha value is -1.81. The second-order valence-corrected chi connectivity index (χ2v) is 10.8. The van der Waals surface area contributed by atoms with Crippen LogP contribution in [-0.2, 0) is 32.7 Å². The van der Waals surface area contributed by atoms with Crippen molar-refractivity contribution < 1.29 is 47.8 Å². The Morgan fingerprint density at radius 2 is 1.38 bits per heavy atom. The van der Waals surface area contributed by atoms with Gasteiger partial charge in [-0.2, -0.15) is 0 Å². The van der Waals surface area contributed by atoms with E-state index in [4.69, 9.17) is 19.1 Å². The van der Waals surface area contributed by atoms with Gasteiger partial charge in [-0.25, -0.2) is 4.57 Å². The highest BCUT2D eigenvalue weighted by Gasteiger charge is 2.27. The van der Waals surface area contributed by atoms with Crippen LogP contribution in [0.5, 0.6) is 0 Å². The van der Waals surface area contributed by atoms with Gasteiger partial charge in [-0.05, 0) is 44.9 Å². The van der Waals surface area contributed by atoms with Crippen LogP contribution in [0.3, 0.4) is 0 Å². The van der Waals surface area contributed by atoms with E-state index in [1.54, 1.807) is 0 Å². The third kappa shape index (κ3) is 25.2. The van der Waals surface area contributed by atoms with Crippen LogP contribution in [0.1, 0.15) is 97.3 Å². The fraction of sp³-hybridized carbons (Fsp3) is 0.724. The van der Waals surface area contributed by atoms with E-state index in [0.29, 0.717) is 12.8 Å². The standard InChI is InChI=1S/C29H51O10P/c1-3-5-7-8-9-10-11-12-13-14-15-16-17-18-19-21-29(33)39-27(24-36-28(32)20-6-4-2)25-38-40(34,35)37-23-26(31)22-30/h5,7,9-10,12-13,26-27,30-31H,3-4,6,8,11,14-25H2,1-2H3,(H,34,35)/b7-5-,10-9-,13-12-. The van der Waals surface area contributed by atoms with Gasteiger partial charge >= 0.3 is 19.8 Å². The Labute approximate surface area is 240 Å². The summed E-state index contributed by atoms with van der Waals surface area (Å²) in [5.41, 5.74) is 0. The maximum atomic E-state index is 12.3. The quantitative estimate of drug-likeness (QED) is 0.0495. The smallest absolute Gasteiger partial charge is 0.462 e. The van der Waals surface area contributed by atoms with Gasteiger partial charge in [0.2, 0.25) is 0 Å². The Kier molecular flexibility index (Phi) is 24.9. The summed E-state index contributed by atoms with van der Waals surface area (Å²) in [6.45, 7) is 1.91. The molecule has 0 spiro atoms. The van der Waals surface area contributed by atoms with Crippen LogP contribution in [0.25, 0.3) is 0 Å². The van der Waals surface area contributed by atoms with Crippen LogP contribution in [0.15, 0.2) is 36.5 Å². The second-order valence-electron chi connectivity index (χ2n) is 9.40. The number of aliphatic hydroxyl groups excluding tert-OH is 2. The lowest BCUT2D eigenvalue weighted by atomic mass is 10.1. The molecule has 0 aliphatic carbocycles. The third-order valence-corrected chi connectivity index (χ3v) is 6.51. The van der Waals surface area contributed by atoms with Gasteiger partial charge in [-0.3, -0.25) is 18.6 Å². The summed E-state index contributed by atoms with van der Waals surface area (Å²) in [4.78, 5) is 33.9. The minimum Gasteiger partial charge on any atom is -0.462 e. The highest BCUT2D eigenvalue weighted by molar-refractivity contribution is 7.47. The van der Waals surface area contributed by atoms with Crippen LogP contribution in [0.2, 0.25) is 0 Å². The van der Waals surface area contributed by atoms with Gasteiger partial charge in [-0.1, -0.05) is 76.0 Å². The number of phosphoric ester groups is 1. The lowest BCUT2D eigenvalue weighted by molar-refractivity contribution is -0.161. The number of esters is 2. The van der Waals surface area contributed by atoms with Crippen LogP contribution < -0.4 is 0 Å². The summed E-state index contributed by atoms with van der Waals surface area (Å²) in [7, 11) is -4.59. The summed E-state index contributed by atoms with van der Waals surface area (Å²) in [6, 6.07) is 0. The van der Waals surface area contributed by atoms with Crippen molar-refractivity contribution in [3.05, 3.63) is 36.5 Å². The zero-order valence-corrected chi connectivity index (χ0v) is 25.2. The molecule has 0 bridgehead atoms. The summed E-state index contributed by atoms with van der Waals surface area (Å²) >= 11 is 0. The van der Waals surface area contributed by atoms with Crippen molar-refractivity contribution in [1.29, 1.82) is 0 Å². The van der Waals surface area contributed by atoms with Gasteiger partial charge in [-0.15, -0.1) is 0 Å².